The van der Waals surface area contributed by atoms with Gasteiger partial charge in [-0.15, -0.1) is 0 Å². The molecule has 1 aliphatic carbocycles. The van der Waals surface area contributed by atoms with Crippen LogP contribution in [0.15, 0.2) is 24.3 Å². The van der Waals surface area contributed by atoms with Gasteiger partial charge in [0.1, 0.15) is 11.8 Å². The summed E-state index contributed by atoms with van der Waals surface area (Å²) >= 11 is 0. The van der Waals surface area contributed by atoms with Gasteiger partial charge in [-0.2, -0.15) is 5.26 Å². The summed E-state index contributed by atoms with van der Waals surface area (Å²) < 4.78 is 10.3. The lowest BCUT2D eigenvalue weighted by Gasteiger charge is -2.46. The van der Waals surface area contributed by atoms with Gasteiger partial charge in [0, 0.05) is 0 Å². The van der Waals surface area contributed by atoms with Crippen molar-refractivity contribution in [2.75, 3.05) is 7.11 Å². The predicted molar refractivity (Wildman–Crippen MR) is 67.2 cm³/mol. The summed E-state index contributed by atoms with van der Waals surface area (Å²) in [6, 6.07) is 8.87. The Morgan fingerprint density at radius 2 is 2.10 bits per heavy atom. The van der Waals surface area contributed by atoms with E-state index in [1.54, 1.807) is 24.3 Å². The summed E-state index contributed by atoms with van der Waals surface area (Å²) in [6.07, 6.45) is 1.20. The summed E-state index contributed by atoms with van der Waals surface area (Å²) in [5.74, 6) is -1.38. The number of fused-ring (bicyclic) bond motifs is 1. The monoisotopic (exact) mass is 271 g/mol. The fourth-order valence-corrected chi connectivity index (χ4v) is 3.32. The number of nitriles is 1. The largest absolute Gasteiger partial charge is 0.469 e. The number of ether oxygens (including phenoxy) is 2. The molecule has 2 aliphatic rings. The second kappa shape index (κ2) is 4.34. The van der Waals surface area contributed by atoms with Crippen molar-refractivity contribution >= 4 is 11.9 Å². The lowest BCUT2D eigenvalue weighted by atomic mass is 9.74. The lowest BCUT2D eigenvalue weighted by molar-refractivity contribution is -0.221. The molecule has 3 atom stereocenters. The summed E-state index contributed by atoms with van der Waals surface area (Å²) in [4.78, 5) is 23.6. The van der Waals surface area contributed by atoms with Gasteiger partial charge in [-0.1, -0.05) is 12.1 Å². The Bertz CT molecular complexity index is 616. The van der Waals surface area contributed by atoms with Crippen LogP contribution in [0.5, 0.6) is 0 Å². The number of methoxy groups -OCH3 is 1. The van der Waals surface area contributed by atoms with E-state index < -0.39 is 11.5 Å². The zero-order valence-electron chi connectivity index (χ0n) is 11.0. The molecule has 5 nitrogen and oxygen atoms in total. The minimum Gasteiger partial charge on any atom is -0.469 e. The number of carbonyl (C=O) groups is 2. The average Bonchev–Trinajstić information content (AvgIpc) is 2.79. The highest BCUT2D eigenvalue weighted by Gasteiger charge is 2.67. The predicted octanol–water partition coefficient (Wildman–Crippen LogP) is 1.51. The molecule has 0 radical (unpaired) electrons. The van der Waals surface area contributed by atoms with Crippen molar-refractivity contribution in [3.63, 3.8) is 0 Å². The third-order valence-electron chi connectivity index (χ3n) is 4.28. The van der Waals surface area contributed by atoms with Crippen LogP contribution in [-0.4, -0.2) is 19.0 Å². The molecule has 1 heterocycles. The van der Waals surface area contributed by atoms with Gasteiger partial charge in [0.15, 0.2) is 5.60 Å². The maximum atomic E-state index is 11.9. The number of rotatable bonds is 2. The third kappa shape index (κ3) is 1.48. The van der Waals surface area contributed by atoms with E-state index in [2.05, 4.69) is 0 Å². The third-order valence-corrected chi connectivity index (χ3v) is 4.28. The summed E-state index contributed by atoms with van der Waals surface area (Å²) in [5, 5.41) is 8.83. The Labute approximate surface area is 116 Å². The van der Waals surface area contributed by atoms with Gasteiger partial charge in [0.25, 0.3) is 0 Å². The first-order valence-corrected chi connectivity index (χ1v) is 6.45. The molecule has 0 bridgehead atoms. The second-order valence-corrected chi connectivity index (χ2v) is 5.11. The van der Waals surface area contributed by atoms with Crippen molar-refractivity contribution in [2.24, 2.45) is 11.8 Å². The van der Waals surface area contributed by atoms with E-state index in [-0.39, 0.29) is 17.9 Å². The Kier molecular flexibility index (Phi) is 2.75. The van der Waals surface area contributed by atoms with Crippen LogP contribution < -0.4 is 0 Å². The van der Waals surface area contributed by atoms with E-state index in [4.69, 9.17) is 14.7 Å². The van der Waals surface area contributed by atoms with Crippen molar-refractivity contribution in [2.45, 2.75) is 18.4 Å². The number of carbonyl (C=O) groups excluding carboxylic acids is 2. The first-order valence-electron chi connectivity index (χ1n) is 6.45. The molecule has 1 aromatic rings. The van der Waals surface area contributed by atoms with E-state index in [1.165, 1.54) is 7.11 Å². The van der Waals surface area contributed by atoms with Gasteiger partial charge in [0.05, 0.1) is 18.7 Å². The molecule has 1 aromatic carbocycles. The van der Waals surface area contributed by atoms with Crippen LogP contribution in [0, 0.1) is 23.2 Å². The minimum atomic E-state index is -0.905. The van der Waals surface area contributed by atoms with Gasteiger partial charge in [-0.25, -0.2) is 0 Å². The molecule has 0 spiro atoms. The number of nitrogens with zero attached hydrogens (tertiary/aromatic N) is 1. The Balaban J connectivity index is 2.03. The molecule has 102 valence electrons. The van der Waals surface area contributed by atoms with E-state index >= 15 is 0 Å². The molecular weight excluding hydrogens is 258 g/mol. The van der Waals surface area contributed by atoms with E-state index in [0.29, 0.717) is 18.4 Å². The van der Waals surface area contributed by atoms with Crippen molar-refractivity contribution in [3.8, 4) is 6.07 Å². The molecule has 20 heavy (non-hydrogen) atoms. The molecule has 0 aromatic heterocycles. The van der Waals surface area contributed by atoms with Crippen molar-refractivity contribution in [1.82, 2.24) is 0 Å². The van der Waals surface area contributed by atoms with Crippen LogP contribution >= 0.6 is 0 Å². The van der Waals surface area contributed by atoms with E-state index in [9.17, 15) is 9.59 Å². The number of hydrogen-bond acceptors (Lipinski definition) is 5. The molecule has 2 fully saturated rings. The zero-order chi connectivity index (χ0) is 14.3. The fourth-order valence-electron chi connectivity index (χ4n) is 3.32. The van der Waals surface area contributed by atoms with Crippen LogP contribution in [0.3, 0.4) is 0 Å². The van der Waals surface area contributed by atoms with Gasteiger partial charge >= 0.3 is 11.9 Å². The number of esters is 2. The van der Waals surface area contributed by atoms with Crippen LogP contribution in [-0.2, 0) is 24.7 Å². The zero-order valence-corrected chi connectivity index (χ0v) is 11.0. The number of hydrogen-bond donors (Lipinski definition) is 0. The van der Waals surface area contributed by atoms with Crippen LogP contribution in [0.2, 0.25) is 0 Å². The maximum absolute atomic E-state index is 11.9. The molecule has 0 amide bonds. The molecule has 1 saturated heterocycles. The van der Waals surface area contributed by atoms with Gasteiger partial charge < -0.3 is 9.47 Å². The van der Waals surface area contributed by atoms with Crippen molar-refractivity contribution in [3.05, 3.63) is 35.4 Å². The molecule has 5 heteroatoms. The van der Waals surface area contributed by atoms with Crippen LogP contribution in [0.4, 0.5) is 0 Å². The fraction of sp³-hybridized carbons (Fsp3) is 0.400. The Morgan fingerprint density at radius 1 is 1.40 bits per heavy atom. The van der Waals surface area contributed by atoms with E-state index in [1.807, 2.05) is 6.07 Å². The first-order chi connectivity index (χ1) is 9.63. The number of benzene rings is 1. The molecule has 1 saturated carbocycles. The van der Waals surface area contributed by atoms with E-state index in [0.717, 1.165) is 5.56 Å². The van der Waals surface area contributed by atoms with Gasteiger partial charge in [-0.3, -0.25) is 9.59 Å². The smallest absolute Gasteiger partial charge is 0.314 e. The summed E-state index contributed by atoms with van der Waals surface area (Å²) in [5.41, 5.74) is 0.381. The highest BCUT2D eigenvalue weighted by Crippen LogP contribution is 2.58. The summed E-state index contributed by atoms with van der Waals surface area (Å²) in [7, 11) is 1.34. The molecule has 0 unspecified atom stereocenters. The second-order valence-electron chi connectivity index (χ2n) is 5.11. The van der Waals surface area contributed by atoms with Gasteiger partial charge in [0.2, 0.25) is 0 Å². The van der Waals surface area contributed by atoms with Crippen LogP contribution in [0.25, 0.3) is 0 Å². The van der Waals surface area contributed by atoms with Crippen LogP contribution in [0.1, 0.15) is 24.0 Å². The first kappa shape index (κ1) is 12.7. The van der Waals surface area contributed by atoms with Crippen molar-refractivity contribution in [1.29, 1.82) is 5.26 Å². The highest BCUT2D eigenvalue weighted by atomic mass is 16.6. The van der Waals surface area contributed by atoms with Crippen molar-refractivity contribution < 1.29 is 19.1 Å². The van der Waals surface area contributed by atoms with Gasteiger partial charge in [-0.05, 0) is 30.5 Å². The Morgan fingerprint density at radius 3 is 2.65 bits per heavy atom. The molecule has 3 rings (SSSR count). The normalized spacial score (nSPS) is 30.7. The SMILES string of the molecule is COC(=O)[C@H]1CC[C@@H]2C(=O)O[C@@]12c1ccc(C#N)cc1. The standard InChI is InChI=1S/C15H13NO4/c1-19-13(17)11-6-7-12-14(18)20-15(11,12)10-4-2-9(8-16)3-5-10/h2-5,11-12H,6-7H2,1H3/t11-,12-,15+/m1/s1. The quantitative estimate of drug-likeness (QED) is 0.762. The molecule has 1 aliphatic heterocycles. The summed E-state index contributed by atoms with van der Waals surface area (Å²) in [6.45, 7) is 0. The topological polar surface area (TPSA) is 76.4 Å². The average molecular weight is 271 g/mol. The molecule has 0 N–H and O–H groups in total. The molecular formula is C15H13NO4. The lowest BCUT2D eigenvalue weighted by Crippen LogP contribution is -2.56. The highest BCUT2D eigenvalue weighted by molar-refractivity contribution is 5.87. The minimum absolute atomic E-state index is 0.263. The maximum Gasteiger partial charge on any atom is 0.314 e. The Hall–Kier alpha value is -2.35.